The van der Waals surface area contributed by atoms with Crippen molar-refractivity contribution >= 4 is 11.8 Å². The predicted molar refractivity (Wildman–Crippen MR) is 149 cm³/mol. The topological polar surface area (TPSA) is 95.7 Å². The zero-order valence-corrected chi connectivity index (χ0v) is 23.4. The van der Waals surface area contributed by atoms with Gasteiger partial charge in [-0.2, -0.15) is 0 Å². The number of benzene rings is 2. The van der Waals surface area contributed by atoms with E-state index in [1.165, 1.54) is 17.7 Å². The summed E-state index contributed by atoms with van der Waals surface area (Å²) in [6.45, 7) is 7.83. The molecular formula is C31H43F2N3O3. The van der Waals surface area contributed by atoms with E-state index in [0.29, 0.717) is 38.0 Å². The maximum absolute atomic E-state index is 14.1. The summed E-state index contributed by atoms with van der Waals surface area (Å²) in [5, 5.41) is 14.8. The first-order valence-electron chi connectivity index (χ1n) is 14.2. The van der Waals surface area contributed by atoms with Gasteiger partial charge in [0.1, 0.15) is 11.6 Å². The number of aryl methyl sites for hydroxylation is 1. The summed E-state index contributed by atoms with van der Waals surface area (Å²) in [6, 6.07) is 11.3. The lowest BCUT2D eigenvalue weighted by molar-refractivity contribution is -0.168. The van der Waals surface area contributed by atoms with Crippen LogP contribution in [0.2, 0.25) is 0 Å². The normalized spacial score (nSPS) is 20.2. The molecule has 4 atom stereocenters. The fraction of sp³-hybridized carbons (Fsp3) is 0.548. The van der Waals surface area contributed by atoms with E-state index in [2.05, 4.69) is 24.4 Å². The third kappa shape index (κ3) is 7.22. The van der Waals surface area contributed by atoms with Gasteiger partial charge in [0.05, 0.1) is 17.4 Å². The van der Waals surface area contributed by atoms with E-state index in [1.54, 1.807) is 4.90 Å². The Kier molecular flexibility index (Phi) is 11.0. The van der Waals surface area contributed by atoms with E-state index in [0.717, 1.165) is 30.9 Å². The number of hydrogen-bond acceptors (Lipinski definition) is 4. The fourth-order valence-electron chi connectivity index (χ4n) is 6.07. The van der Waals surface area contributed by atoms with Crippen molar-refractivity contribution in [2.24, 2.45) is 23.0 Å². The Hall–Kier alpha value is -2.84. The molecule has 0 radical (unpaired) electrons. The fourth-order valence-corrected chi connectivity index (χ4v) is 6.07. The maximum Gasteiger partial charge on any atom is 0.226 e. The van der Waals surface area contributed by atoms with Crippen molar-refractivity contribution in [1.29, 1.82) is 0 Å². The molecule has 3 rings (SSSR count). The number of nitrogens with two attached hydrogens (primary N) is 1. The third-order valence-electron chi connectivity index (χ3n) is 8.11. The average Bonchev–Trinajstić information content (AvgIpc) is 2.87. The molecule has 0 saturated heterocycles. The minimum absolute atomic E-state index is 0.0110. The molecule has 0 heterocycles. The number of primary amides is 1. The highest BCUT2D eigenvalue weighted by atomic mass is 19.1. The SMILES string of the molecule is CCCN(CCC)C(=O)C1CCC1(C(N)=O)[C@H](Cc1cc(F)cc(F)c1)[C@@H](O)CNCc1cccc(CC)c1. The number of hydrogen-bond donors (Lipinski definition) is 3. The Bertz CT molecular complexity index is 1100. The molecule has 2 aromatic rings. The van der Waals surface area contributed by atoms with Gasteiger partial charge >= 0.3 is 0 Å². The minimum atomic E-state index is -1.32. The summed E-state index contributed by atoms with van der Waals surface area (Å²) >= 11 is 0. The van der Waals surface area contributed by atoms with Gasteiger partial charge in [-0.25, -0.2) is 8.78 Å². The Balaban J connectivity index is 1.91. The molecule has 0 bridgehead atoms. The van der Waals surface area contributed by atoms with Gasteiger partial charge in [0.25, 0.3) is 0 Å². The van der Waals surface area contributed by atoms with Gasteiger partial charge in [-0.15, -0.1) is 0 Å². The first-order valence-corrected chi connectivity index (χ1v) is 14.2. The second-order valence-electron chi connectivity index (χ2n) is 10.8. The number of aliphatic hydroxyl groups excluding tert-OH is 1. The minimum Gasteiger partial charge on any atom is -0.391 e. The highest BCUT2D eigenvalue weighted by molar-refractivity contribution is 5.92. The first-order chi connectivity index (χ1) is 18.7. The molecule has 2 aromatic carbocycles. The average molecular weight is 544 g/mol. The van der Waals surface area contributed by atoms with Crippen LogP contribution in [0.25, 0.3) is 0 Å². The first kappa shape index (κ1) is 30.7. The van der Waals surface area contributed by atoms with Crippen molar-refractivity contribution < 1.29 is 23.5 Å². The van der Waals surface area contributed by atoms with Gasteiger partial charge in [-0.1, -0.05) is 45.0 Å². The number of nitrogens with zero attached hydrogens (tertiary/aromatic N) is 1. The van der Waals surface area contributed by atoms with Gasteiger partial charge < -0.3 is 21.1 Å². The van der Waals surface area contributed by atoms with Crippen molar-refractivity contribution in [3.63, 3.8) is 0 Å². The van der Waals surface area contributed by atoms with Crippen molar-refractivity contribution in [3.8, 4) is 0 Å². The van der Waals surface area contributed by atoms with E-state index in [4.69, 9.17) is 5.73 Å². The molecule has 0 spiro atoms. The van der Waals surface area contributed by atoms with E-state index in [-0.39, 0.29) is 18.9 Å². The molecule has 8 heteroatoms. The maximum atomic E-state index is 14.1. The van der Waals surface area contributed by atoms with Crippen molar-refractivity contribution in [1.82, 2.24) is 10.2 Å². The van der Waals surface area contributed by atoms with Crippen LogP contribution in [-0.4, -0.2) is 47.6 Å². The summed E-state index contributed by atoms with van der Waals surface area (Å²) in [6.07, 6.45) is 2.20. The van der Waals surface area contributed by atoms with Gasteiger partial charge in [-0.3, -0.25) is 9.59 Å². The second-order valence-corrected chi connectivity index (χ2v) is 10.8. The summed E-state index contributed by atoms with van der Waals surface area (Å²) in [5.41, 5.74) is 7.28. The number of rotatable bonds is 15. The van der Waals surface area contributed by atoms with Crippen LogP contribution in [0.15, 0.2) is 42.5 Å². The van der Waals surface area contributed by atoms with Crippen LogP contribution in [0.4, 0.5) is 8.78 Å². The van der Waals surface area contributed by atoms with Crippen molar-refractivity contribution in [3.05, 3.63) is 70.8 Å². The second kappa shape index (κ2) is 14.0. The molecule has 39 heavy (non-hydrogen) atoms. The lowest BCUT2D eigenvalue weighted by Gasteiger charge is -2.53. The molecule has 4 N–H and O–H groups in total. The number of carbonyl (C=O) groups is 2. The van der Waals surface area contributed by atoms with E-state index < -0.39 is 40.9 Å². The van der Waals surface area contributed by atoms with Gasteiger partial charge in [0.15, 0.2) is 0 Å². The summed E-state index contributed by atoms with van der Waals surface area (Å²) < 4.78 is 28.2. The largest absolute Gasteiger partial charge is 0.391 e. The Labute approximate surface area is 231 Å². The zero-order valence-electron chi connectivity index (χ0n) is 23.4. The summed E-state index contributed by atoms with van der Waals surface area (Å²) in [7, 11) is 0. The summed E-state index contributed by atoms with van der Waals surface area (Å²) in [4.78, 5) is 28.6. The number of carbonyl (C=O) groups excluding carboxylic acids is 2. The summed E-state index contributed by atoms with van der Waals surface area (Å²) in [5.74, 6) is -3.77. The van der Waals surface area contributed by atoms with Crippen molar-refractivity contribution in [2.45, 2.75) is 71.9 Å². The molecular weight excluding hydrogens is 500 g/mol. The van der Waals surface area contributed by atoms with Gasteiger partial charge in [-0.05, 0) is 67.3 Å². The molecule has 6 nitrogen and oxygen atoms in total. The van der Waals surface area contributed by atoms with E-state index in [1.807, 2.05) is 26.0 Å². The molecule has 1 aliphatic carbocycles. The van der Waals surface area contributed by atoms with E-state index >= 15 is 0 Å². The van der Waals surface area contributed by atoms with Crippen LogP contribution in [0.5, 0.6) is 0 Å². The molecule has 1 fully saturated rings. The standard InChI is InChI=1S/C31H43F2N3O3/c1-4-12-36(13-5-2)29(38)26-10-11-31(26,30(34)39)27(17-23-15-24(32)18-25(33)16-23)28(37)20-35-19-22-9-7-8-21(6-3)14-22/h7-9,14-16,18,26-28,35,37H,4-6,10-13,17,19-20H2,1-3H3,(H2,34,39)/t26?,27-,28+,31?/m1/s1. The third-order valence-corrected chi connectivity index (χ3v) is 8.11. The number of amides is 2. The van der Waals surface area contributed by atoms with Crippen molar-refractivity contribution in [2.75, 3.05) is 19.6 Å². The van der Waals surface area contributed by atoms with E-state index in [9.17, 15) is 23.5 Å². The Morgan fingerprint density at radius 3 is 2.23 bits per heavy atom. The Morgan fingerprint density at radius 2 is 1.69 bits per heavy atom. The Morgan fingerprint density at radius 1 is 1.05 bits per heavy atom. The van der Waals surface area contributed by atoms with Gasteiger partial charge in [0.2, 0.25) is 11.8 Å². The number of nitrogens with one attached hydrogen (secondary N) is 1. The number of aliphatic hydroxyl groups is 1. The highest BCUT2D eigenvalue weighted by Crippen LogP contribution is 2.54. The molecule has 2 amide bonds. The quantitative estimate of drug-likeness (QED) is 0.311. The van der Waals surface area contributed by atoms with Crippen LogP contribution >= 0.6 is 0 Å². The zero-order chi connectivity index (χ0) is 28.6. The molecule has 0 aromatic heterocycles. The molecule has 1 saturated carbocycles. The molecule has 214 valence electrons. The van der Waals surface area contributed by atoms with Crippen LogP contribution in [0, 0.1) is 28.9 Å². The highest BCUT2D eigenvalue weighted by Gasteiger charge is 2.61. The molecule has 2 unspecified atom stereocenters. The van der Waals surface area contributed by atoms with Crippen LogP contribution in [-0.2, 0) is 29.0 Å². The van der Waals surface area contributed by atoms with Gasteiger partial charge in [0, 0.05) is 38.2 Å². The molecule has 1 aliphatic rings. The van der Waals surface area contributed by atoms with Crippen LogP contribution in [0.1, 0.15) is 63.1 Å². The number of halogens is 2. The lowest BCUT2D eigenvalue weighted by Crippen LogP contribution is -2.63. The smallest absolute Gasteiger partial charge is 0.226 e. The van der Waals surface area contributed by atoms with Crippen LogP contribution in [0.3, 0.4) is 0 Å². The predicted octanol–water partition coefficient (Wildman–Crippen LogP) is 4.37. The van der Waals surface area contributed by atoms with Crippen LogP contribution < -0.4 is 11.1 Å². The molecule has 0 aliphatic heterocycles. The monoisotopic (exact) mass is 543 g/mol. The lowest BCUT2D eigenvalue weighted by atomic mass is 9.51.